The molecule has 3 rings (SSSR count). The number of aryl methyl sites for hydroxylation is 1. The van der Waals surface area contributed by atoms with Gasteiger partial charge in [0.2, 0.25) is 21.8 Å². The van der Waals surface area contributed by atoms with Crippen molar-refractivity contribution in [1.29, 1.82) is 0 Å². The van der Waals surface area contributed by atoms with Gasteiger partial charge in [0.15, 0.2) is 0 Å². The van der Waals surface area contributed by atoms with Gasteiger partial charge < -0.3 is 15.4 Å². The van der Waals surface area contributed by atoms with E-state index < -0.39 is 10.0 Å². The zero-order chi connectivity index (χ0) is 24.7. The van der Waals surface area contributed by atoms with E-state index in [2.05, 4.69) is 17.2 Å². The number of carbonyl (C=O) groups is 2. The van der Waals surface area contributed by atoms with Crippen LogP contribution in [0.25, 0.3) is 0 Å². The Hall–Kier alpha value is -3.17. The van der Waals surface area contributed by atoms with Crippen LogP contribution in [0.3, 0.4) is 0 Å². The topological polar surface area (TPSA) is 105 Å². The zero-order valence-corrected chi connectivity index (χ0v) is 20.3. The lowest BCUT2D eigenvalue weighted by Crippen LogP contribution is -2.51. The maximum atomic E-state index is 13.3. The fourth-order valence-electron chi connectivity index (χ4n) is 4.01. The number of piperidine rings is 1. The summed E-state index contributed by atoms with van der Waals surface area (Å²) < 4.78 is 33.5. The SMILES string of the molecule is C=CC(=O)NC1CCN(S(=O)(=O)c2ccc(NC(=O)CCc3ccccc3)cc2OC)CC1C. The molecule has 2 atom stereocenters. The van der Waals surface area contributed by atoms with E-state index in [9.17, 15) is 18.0 Å². The standard InChI is InChI=1S/C25H31N3O5S/c1-4-24(29)27-21-14-15-28(17-18(21)2)34(31,32)23-12-11-20(16-22(23)33-3)26-25(30)13-10-19-8-6-5-7-9-19/h4-9,11-12,16,18,21H,1,10,13-15,17H2,2-3H3,(H,26,30)(H,27,29). The first kappa shape index (κ1) is 25.5. The lowest BCUT2D eigenvalue weighted by Gasteiger charge is -2.36. The van der Waals surface area contributed by atoms with E-state index in [1.807, 2.05) is 37.3 Å². The van der Waals surface area contributed by atoms with Crippen molar-refractivity contribution in [3.63, 3.8) is 0 Å². The predicted molar refractivity (Wildman–Crippen MR) is 131 cm³/mol. The molecule has 8 nitrogen and oxygen atoms in total. The Labute approximate surface area is 201 Å². The Morgan fingerprint density at radius 2 is 1.94 bits per heavy atom. The van der Waals surface area contributed by atoms with E-state index in [0.29, 0.717) is 24.9 Å². The quantitative estimate of drug-likeness (QED) is 0.532. The highest BCUT2D eigenvalue weighted by molar-refractivity contribution is 7.89. The van der Waals surface area contributed by atoms with Crippen LogP contribution in [0, 0.1) is 5.92 Å². The van der Waals surface area contributed by atoms with E-state index in [0.717, 1.165) is 5.56 Å². The van der Waals surface area contributed by atoms with Crippen LogP contribution < -0.4 is 15.4 Å². The number of nitrogens with zero attached hydrogens (tertiary/aromatic N) is 1. The fraction of sp³-hybridized carbons (Fsp3) is 0.360. The van der Waals surface area contributed by atoms with Crippen molar-refractivity contribution in [3.05, 3.63) is 66.7 Å². The monoisotopic (exact) mass is 485 g/mol. The van der Waals surface area contributed by atoms with Gasteiger partial charge in [0.25, 0.3) is 0 Å². The van der Waals surface area contributed by atoms with Gasteiger partial charge in [-0.05, 0) is 42.5 Å². The van der Waals surface area contributed by atoms with Crippen molar-refractivity contribution in [2.24, 2.45) is 5.92 Å². The van der Waals surface area contributed by atoms with Crippen LogP contribution in [-0.4, -0.2) is 50.8 Å². The normalized spacial score (nSPS) is 18.6. The van der Waals surface area contributed by atoms with Gasteiger partial charge >= 0.3 is 0 Å². The van der Waals surface area contributed by atoms with Crippen LogP contribution in [0.15, 0.2) is 66.1 Å². The van der Waals surface area contributed by atoms with Gasteiger partial charge in [0.05, 0.1) is 7.11 Å². The molecule has 2 aromatic rings. The molecule has 1 saturated heterocycles. The number of rotatable bonds is 9. The zero-order valence-electron chi connectivity index (χ0n) is 19.5. The van der Waals surface area contributed by atoms with Gasteiger partial charge in [-0.15, -0.1) is 0 Å². The first-order chi connectivity index (χ1) is 16.2. The summed E-state index contributed by atoms with van der Waals surface area (Å²) in [5.74, 6) is -0.340. The highest BCUT2D eigenvalue weighted by atomic mass is 32.2. The summed E-state index contributed by atoms with van der Waals surface area (Å²) in [6.45, 7) is 5.90. The summed E-state index contributed by atoms with van der Waals surface area (Å²) in [5, 5.41) is 5.66. The molecule has 0 aromatic heterocycles. The third-order valence-electron chi connectivity index (χ3n) is 5.93. The average Bonchev–Trinajstić information content (AvgIpc) is 2.84. The van der Waals surface area contributed by atoms with Crippen LogP contribution in [0.5, 0.6) is 5.75 Å². The van der Waals surface area contributed by atoms with Crippen molar-refractivity contribution in [2.75, 3.05) is 25.5 Å². The van der Waals surface area contributed by atoms with Crippen molar-refractivity contribution in [3.8, 4) is 5.75 Å². The molecule has 34 heavy (non-hydrogen) atoms. The second-order valence-corrected chi connectivity index (χ2v) is 10.3. The number of nitrogens with one attached hydrogen (secondary N) is 2. The molecular formula is C25H31N3O5S. The molecule has 0 radical (unpaired) electrons. The minimum atomic E-state index is -3.82. The molecule has 2 unspecified atom stereocenters. The van der Waals surface area contributed by atoms with Crippen LogP contribution in [0.1, 0.15) is 25.3 Å². The number of amides is 2. The summed E-state index contributed by atoms with van der Waals surface area (Å²) in [6, 6.07) is 14.1. The van der Waals surface area contributed by atoms with Crippen LogP contribution >= 0.6 is 0 Å². The molecule has 0 bridgehead atoms. The molecule has 0 spiro atoms. The molecule has 1 heterocycles. The second kappa shape index (κ2) is 11.3. The molecule has 2 amide bonds. The number of methoxy groups -OCH3 is 1. The summed E-state index contributed by atoms with van der Waals surface area (Å²) in [7, 11) is -2.43. The summed E-state index contributed by atoms with van der Waals surface area (Å²) in [5.41, 5.74) is 1.53. The van der Waals surface area contributed by atoms with E-state index in [4.69, 9.17) is 4.74 Å². The summed E-state index contributed by atoms with van der Waals surface area (Å²) in [6.07, 6.45) is 2.62. The molecule has 1 aliphatic rings. The van der Waals surface area contributed by atoms with Crippen LogP contribution in [0.2, 0.25) is 0 Å². The molecule has 0 saturated carbocycles. The smallest absolute Gasteiger partial charge is 0.246 e. The summed E-state index contributed by atoms with van der Waals surface area (Å²) in [4.78, 5) is 24.0. The van der Waals surface area contributed by atoms with Crippen LogP contribution in [0.4, 0.5) is 5.69 Å². The largest absolute Gasteiger partial charge is 0.495 e. The van der Waals surface area contributed by atoms with Gasteiger partial charge in [-0.25, -0.2) is 8.42 Å². The number of benzene rings is 2. The van der Waals surface area contributed by atoms with Gasteiger partial charge in [-0.1, -0.05) is 43.8 Å². The molecule has 182 valence electrons. The van der Waals surface area contributed by atoms with Crippen molar-refractivity contribution < 1.29 is 22.7 Å². The highest BCUT2D eigenvalue weighted by Crippen LogP contribution is 2.32. The van der Waals surface area contributed by atoms with E-state index in [1.54, 1.807) is 6.07 Å². The van der Waals surface area contributed by atoms with Gasteiger partial charge in [-0.2, -0.15) is 4.31 Å². The number of hydrogen-bond acceptors (Lipinski definition) is 5. The van der Waals surface area contributed by atoms with Gasteiger partial charge in [0.1, 0.15) is 10.6 Å². The molecule has 1 fully saturated rings. The third kappa shape index (κ3) is 6.24. The van der Waals surface area contributed by atoms with E-state index in [-0.39, 0.29) is 47.5 Å². The lowest BCUT2D eigenvalue weighted by atomic mass is 9.95. The Morgan fingerprint density at radius 1 is 1.21 bits per heavy atom. The number of anilines is 1. The third-order valence-corrected chi connectivity index (χ3v) is 7.83. The minimum absolute atomic E-state index is 0.0399. The van der Waals surface area contributed by atoms with Crippen molar-refractivity contribution in [1.82, 2.24) is 9.62 Å². The number of ether oxygens (including phenoxy) is 1. The average molecular weight is 486 g/mol. The molecule has 2 aromatic carbocycles. The fourth-order valence-corrected chi connectivity index (χ4v) is 5.70. The maximum absolute atomic E-state index is 13.3. The van der Waals surface area contributed by atoms with Gasteiger partial charge in [-0.3, -0.25) is 9.59 Å². The molecule has 2 N–H and O–H groups in total. The first-order valence-electron chi connectivity index (χ1n) is 11.2. The molecular weight excluding hydrogens is 454 g/mol. The second-order valence-electron chi connectivity index (χ2n) is 8.35. The van der Waals surface area contributed by atoms with Crippen LogP contribution in [-0.2, 0) is 26.0 Å². The maximum Gasteiger partial charge on any atom is 0.246 e. The Bertz CT molecular complexity index is 1130. The van der Waals surface area contributed by atoms with E-state index in [1.165, 1.54) is 29.6 Å². The van der Waals surface area contributed by atoms with Crippen molar-refractivity contribution in [2.45, 2.75) is 37.1 Å². The molecule has 9 heteroatoms. The number of sulfonamides is 1. The van der Waals surface area contributed by atoms with E-state index >= 15 is 0 Å². The van der Waals surface area contributed by atoms with Gasteiger partial charge in [0, 0.05) is 37.3 Å². The number of hydrogen-bond donors (Lipinski definition) is 2. The highest BCUT2D eigenvalue weighted by Gasteiger charge is 2.35. The molecule has 0 aliphatic carbocycles. The Balaban J connectivity index is 1.67. The Kier molecular flexibility index (Phi) is 8.46. The van der Waals surface area contributed by atoms with Crippen molar-refractivity contribution >= 4 is 27.5 Å². The predicted octanol–water partition coefficient (Wildman–Crippen LogP) is 2.97. The first-order valence-corrected chi connectivity index (χ1v) is 12.6. The minimum Gasteiger partial charge on any atom is -0.495 e. The Morgan fingerprint density at radius 3 is 2.59 bits per heavy atom. The molecule has 1 aliphatic heterocycles. The number of carbonyl (C=O) groups excluding carboxylic acids is 2. The lowest BCUT2D eigenvalue weighted by molar-refractivity contribution is -0.118. The summed E-state index contributed by atoms with van der Waals surface area (Å²) >= 11 is 0.